The quantitative estimate of drug-likeness (QED) is 0.798. The number of phenolic OH excluding ortho intramolecular Hbond substituents is 1. The molecule has 1 aromatic rings. The summed E-state index contributed by atoms with van der Waals surface area (Å²) in [6.07, 6.45) is 2.15. The maximum atomic E-state index is 10.6. The number of aliphatic hydroxyl groups is 1. The first-order valence-electron chi connectivity index (χ1n) is 5.74. The van der Waals surface area contributed by atoms with Crippen molar-refractivity contribution in [1.29, 1.82) is 0 Å². The Kier molecular flexibility index (Phi) is 2.91. The van der Waals surface area contributed by atoms with Gasteiger partial charge in [-0.05, 0) is 51.1 Å². The lowest BCUT2D eigenvalue weighted by Gasteiger charge is -2.35. The minimum absolute atomic E-state index is 0.164. The van der Waals surface area contributed by atoms with Crippen LogP contribution in [0.4, 0.5) is 0 Å². The lowest BCUT2D eigenvalue weighted by molar-refractivity contribution is -0.0153. The van der Waals surface area contributed by atoms with E-state index in [9.17, 15) is 10.2 Å². The molecule has 0 aromatic heterocycles. The molecule has 1 aromatic carbocycles. The molecular formula is C13H19NO2. The molecule has 2 atom stereocenters. The van der Waals surface area contributed by atoms with Crippen LogP contribution in [0.2, 0.25) is 0 Å². The van der Waals surface area contributed by atoms with Gasteiger partial charge in [0.1, 0.15) is 11.4 Å². The van der Waals surface area contributed by atoms with Crippen molar-refractivity contribution in [2.75, 3.05) is 13.6 Å². The Labute approximate surface area is 96.3 Å². The highest BCUT2D eigenvalue weighted by Gasteiger charge is 2.38. The van der Waals surface area contributed by atoms with Crippen molar-refractivity contribution >= 4 is 0 Å². The van der Waals surface area contributed by atoms with E-state index in [0.717, 1.165) is 24.9 Å². The zero-order valence-corrected chi connectivity index (χ0v) is 9.85. The number of rotatable bonds is 2. The molecule has 1 aliphatic heterocycles. The Balaban J connectivity index is 2.27. The Morgan fingerprint density at radius 3 is 2.44 bits per heavy atom. The summed E-state index contributed by atoms with van der Waals surface area (Å²) in [6, 6.07) is 7.00. The van der Waals surface area contributed by atoms with Crippen molar-refractivity contribution in [2.45, 2.75) is 31.4 Å². The van der Waals surface area contributed by atoms with E-state index in [0.29, 0.717) is 0 Å². The Morgan fingerprint density at radius 2 is 1.94 bits per heavy atom. The summed E-state index contributed by atoms with van der Waals surface area (Å²) in [5, 5.41) is 19.9. The molecule has 2 N–H and O–H groups in total. The summed E-state index contributed by atoms with van der Waals surface area (Å²) < 4.78 is 0. The molecule has 1 saturated heterocycles. The van der Waals surface area contributed by atoms with Gasteiger partial charge in [-0.1, -0.05) is 12.1 Å². The van der Waals surface area contributed by atoms with Crippen LogP contribution in [0.3, 0.4) is 0 Å². The maximum Gasteiger partial charge on any atom is 0.115 e. The highest BCUT2D eigenvalue weighted by atomic mass is 16.3. The van der Waals surface area contributed by atoms with Gasteiger partial charge in [0, 0.05) is 6.04 Å². The van der Waals surface area contributed by atoms with Crippen LogP contribution in [-0.4, -0.2) is 34.7 Å². The second-order valence-corrected chi connectivity index (χ2v) is 4.83. The third-order valence-electron chi connectivity index (χ3n) is 3.62. The molecule has 0 amide bonds. The predicted molar refractivity (Wildman–Crippen MR) is 63.3 cm³/mol. The van der Waals surface area contributed by atoms with E-state index in [4.69, 9.17) is 0 Å². The van der Waals surface area contributed by atoms with E-state index in [2.05, 4.69) is 4.90 Å². The van der Waals surface area contributed by atoms with Gasteiger partial charge < -0.3 is 15.1 Å². The normalized spacial score (nSPS) is 25.6. The zero-order valence-electron chi connectivity index (χ0n) is 9.85. The molecular weight excluding hydrogens is 202 g/mol. The van der Waals surface area contributed by atoms with Crippen LogP contribution in [0.15, 0.2) is 24.3 Å². The summed E-state index contributed by atoms with van der Waals surface area (Å²) in [4.78, 5) is 2.20. The average Bonchev–Trinajstić information content (AvgIpc) is 2.66. The molecule has 1 heterocycles. The minimum Gasteiger partial charge on any atom is -0.508 e. The maximum absolute atomic E-state index is 10.6. The van der Waals surface area contributed by atoms with Crippen molar-refractivity contribution in [3.8, 4) is 5.75 Å². The smallest absolute Gasteiger partial charge is 0.115 e. The highest BCUT2D eigenvalue weighted by Crippen LogP contribution is 2.34. The SMILES string of the molecule is CN1CCC[C@@H]1[C@@](C)(O)c1ccc(O)cc1. The van der Waals surface area contributed by atoms with Crippen molar-refractivity contribution in [2.24, 2.45) is 0 Å². The first-order chi connectivity index (χ1) is 7.51. The topological polar surface area (TPSA) is 43.7 Å². The molecule has 3 heteroatoms. The molecule has 0 bridgehead atoms. The van der Waals surface area contributed by atoms with E-state index >= 15 is 0 Å². The second-order valence-electron chi connectivity index (χ2n) is 4.83. The molecule has 0 aliphatic carbocycles. The third kappa shape index (κ3) is 1.93. The van der Waals surface area contributed by atoms with Gasteiger partial charge in [-0.3, -0.25) is 0 Å². The molecule has 16 heavy (non-hydrogen) atoms. The van der Waals surface area contributed by atoms with E-state index in [1.165, 1.54) is 0 Å². The lowest BCUT2D eigenvalue weighted by Crippen LogP contribution is -2.43. The summed E-state index contributed by atoms with van der Waals surface area (Å²) >= 11 is 0. The van der Waals surface area contributed by atoms with Gasteiger partial charge in [0.15, 0.2) is 0 Å². The van der Waals surface area contributed by atoms with E-state index < -0.39 is 5.60 Å². The van der Waals surface area contributed by atoms with Crippen molar-refractivity contribution in [3.05, 3.63) is 29.8 Å². The molecule has 88 valence electrons. The molecule has 0 saturated carbocycles. The van der Waals surface area contributed by atoms with Crippen LogP contribution in [0.1, 0.15) is 25.3 Å². The van der Waals surface area contributed by atoms with Gasteiger partial charge in [-0.2, -0.15) is 0 Å². The largest absolute Gasteiger partial charge is 0.508 e. The lowest BCUT2D eigenvalue weighted by atomic mass is 9.87. The number of aromatic hydroxyl groups is 1. The fourth-order valence-corrected chi connectivity index (χ4v) is 2.61. The van der Waals surface area contributed by atoms with Crippen molar-refractivity contribution in [3.63, 3.8) is 0 Å². The van der Waals surface area contributed by atoms with Crippen LogP contribution >= 0.6 is 0 Å². The Hall–Kier alpha value is -1.06. The first kappa shape index (κ1) is 11.4. The van der Waals surface area contributed by atoms with Crippen LogP contribution in [-0.2, 0) is 5.60 Å². The molecule has 2 rings (SSSR count). The number of benzene rings is 1. The monoisotopic (exact) mass is 221 g/mol. The summed E-state index contributed by atoms with van der Waals surface area (Å²) in [6.45, 7) is 2.89. The van der Waals surface area contributed by atoms with E-state index in [1.807, 2.05) is 14.0 Å². The summed E-state index contributed by atoms with van der Waals surface area (Å²) in [5.41, 5.74) is 0.0166. The van der Waals surface area contributed by atoms with Gasteiger partial charge in [0.25, 0.3) is 0 Å². The number of nitrogens with zero attached hydrogens (tertiary/aromatic N) is 1. The van der Waals surface area contributed by atoms with Crippen LogP contribution < -0.4 is 0 Å². The summed E-state index contributed by atoms with van der Waals surface area (Å²) in [5.74, 6) is 0.235. The molecule has 0 unspecified atom stereocenters. The number of hydrogen-bond donors (Lipinski definition) is 2. The summed E-state index contributed by atoms with van der Waals surface area (Å²) in [7, 11) is 2.05. The molecule has 0 radical (unpaired) electrons. The molecule has 0 spiro atoms. The number of hydrogen-bond acceptors (Lipinski definition) is 3. The van der Waals surface area contributed by atoms with Gasteiger partial charge in [0.2, 0.25) is 0 Å². The minimum atomic E-state index is -0.848. The van der Waals surface area contributed by atoms with Crippen LogP contribution in [0.5, 0.6) is 5.75 Å². The molecule has 3 nitrogen and oxygen atoms in total. The van der Waals surface area contributed by atoms with Crippen LogP contribution in [0, 0.1) is 0 Å². The van der Waals surface area contributed by atoms with Gasteiger partial charge >= 0.3 is 0 Å². The Bertz CT molecular complexity index is 359. The fraction of sp³-hybridized carbons (Fsp3) is 0.538. The van der Waals surface area contributed by atoms with E-state index in [1.54, 1.807) is 24.3 Å². The standard InChI is InChI=1S/C13H19NO2/c1-13(16,12-4-3-9-14(12)2)10-5-7-11(15)8-6-10/h5-8,12,15-16H,3-4,9H2,1-2H3/t12-,13+/m1/s1. The Morgan fingerprint density at radius 1 is 1.31 bits per heavy atom. The fourth-order valence-electron chi connectivity index (χ4n) is 2.61. The predicted octanol–water partition coefficient (Wildman–Crippen LogP) is 1.69. The van der Waals surface area contributed by atoms with E-state index in [-0.39, 0.29) is 11.8 Å². The average molecular weight is 221 g/mol. The third-order valence-corrected chi connectivity index (χ3v) is 3.62. The van der Waals surface area contributed by atoms with Crippen LogP contribution in [0.25, 0.3) is 0 Å². The van der Waals surface area contributed by atoms with Crippen molar-refractivity contribution < 1.29 is 10.2 Å². The molecule has 1 fully saturated rings. The number of likely N-dealkylation sites (N-methyl/N-ethyl adjacent to an activating group) is 1. The highest BCUT2D eigenvalue weighted by molar-refractivity contribution is 5.30. The molecule has 1 aliphatic rings. The number of likely N-dealkylation sites (tertiary alicyclic amines) is 1. The zero-order chi connectivity index (χ0) is 11.8. The van der Waals surface area contributed by atoms with Crippen molar-refractivity contribution in [1.82, 2.24) is 4.90 Å². The number of phenols is 1. The van der Waals surface area contributed by atoms with Gasteiger partial charge in [-0.25, -0.2) is 0 Å². The van der Waals surface area contributed by atoms with Gasteiger partial charge in [0.05, 0.1) is 0 Å². The van der Waals surface area contributed by atoms with Gasteiger partial charge in [-0.15, -0.1) is 0 Å². The first-order valence-corrected chi connectivity index (χ1v) is 5.74. The second kappa shape index (κ2) is 4.07.